The van der Waals surface area contributed by atoms with E-state index in [1.165, 1.54) is 24.3 Å². The summed E-state index contributed by atoms with van der Waals surface area (Å²) in [7, 11) is -3.24. The Hall–Kier alpha value is -1.87. The summed E-state index contributed by atoms with van der Waals surface area (Å²) < 4.78 is 22.8. The molecule has 0 radical (unpaired) electrons. The van der Waals surface area contributed by atoms with Crippen LogP contribution in [0.4, 0.5) is 16.2 Å². The Bertz CT molecular complexity index is 678. The maximum Gasteiger partial charge on any atom is 0.319 e. The minimum atomic E-state index is -3.24. The van der Waals surface area contributed by atoms with Crippen molar-refractivity contribution in [2.75, 3.05) is 16.8 Å². The quantitative estimate of drug-likeness (QED) is 0.488. The molecule has 8 nitrogen and oxygen atoms in total. The summed E-state index contributed by atoms with van der Waals surface area (Å²) in [6.45, 7) is 0. The van der Waals surface area contributed by atoms with Crippen LogP contribution in [-0.2, 0) is 9.84 Å². The summed E-state index contributed by atoms with van der Waals surface area (Å²) in [5.74, 6) is -0.403. The first kappa shape index (κ1) is 15.5. The van der Waals surface area contributed by atoms with Gasteiger partial charge < -0.3 is 10.6 Å². The molecule has 0 aromatic heterocycles. The topological polar surface area (TPSA) is 118 Å². The van der Waals surface area contributed by atoms with Gasteiger partial charge in [-0.3, -0.25) is 10.1 Å². The lowest BCUT2D eigenvalue weighted by Crippen LogP contribution is -2.42. The molecule has 1 heterocycles. The molecular weight excluding hydrogens is 322 g/mol. The van der Waals surface area contributed by atoms with Gasteiger partial charge >= 0.3 is 6.03 Å². The third-order valence-electron chi connectivity index (χ3n) is 2.91. The number of nitro benzene ring substituents is 1. The van der Waals surface area contributed by atoms with Crippen LogP contribution in [0.5, 0.6) is 0 Å². The molecule has 1 saturated heterocycles. The van der Waals surface area contributed by atoms with E-state index in [1.54, 1.807) is 0 Å². The van der Waals surface area contributed by atoms with E-state index >= 15 is 0 Å². The highest BCUT2D eigenvalue weighted by molar-refractivity contribution is 7.91. The summed E-state index contributed by atoms with van der Waals surface area (Å²) in [4.78, 5) is 21.8. The summed E-state index contributed by atoms with van der Waals surface area (Å²) in [6.07, 6.45) is 0. The predicted molar refractivity (Wildman–Crippen MR) is 77.3 cm³/mol. The Morgan fingerprint density at radius 2 is 2.10 bits per heavy atom. The molecule has 0 bridgehead atoms. The van der Waals surface area contributed by atoms with Crippen LogP contribution >= 0.6 is 11.6 Å². The zero-order valence-electron chi connectivity index (χ0n) is 10.7. The Kier molecular flexibility index (Phi) is 4.33. The van der Waals surface area contributed by atoms with Gasteiger partial charge in [0.05, 0.1) is 27.8 Å². The third-order valence-corrected chi connectivity index (χ3v) is 5.29. The van der Waals surface area contributed by atoms with Crippen molar-refractivity contribution in [3.05, 3.63) is 34.4 Å². The van der Waals surface area contributed by atoms with Crippen LogP contribution in [0.15, 0.2) is 24.3 Å². The number of hydrogen-bond donors (Lipinski definition) is 2. The number of alkyl halides is 1. The fourth-order valence-electron chi connectivity index (χ4n) is 1.97. The number of non-ortho nitro benzene ring substituents is 1. The summed E-state index contributed by atoms with van der Waals surface area (Å²) in [5.41, 5.74) is 0.0696. The van der Waals surface area contributed by atoms with Gasteiger partial charge in [-0.1, -0.05) is 6.07 Å². The van der Waals surface area contributed by atoms with E-state index in [-0.39, 0.29) is 22.9 Å². The number of sulfone groups is 1. The van der Waals surface area contributed by atoms with Crippen LogP contribution in [0.25, 0.3) is 0 Å². The average Bonchev–Trinajstić information content (AvgIpc) is 2.62. The summed E-state index contributed by atoms with van der Waals surface area (Å²) >= 11 is 5.87. The van der Waals surface area contributed by atoms with E-state index in [4.69, 9.17) is 11.6 Å². The van der Waals surface area contributed by atoms with E-state index in [1.807, 2.05) is 0 Å². The molecule has 1 fully saturated rings. The molecule has 21 heavy (non-hydrogen) atoms. The Labute approximate surface area is 125 Å². The number of amides is 2. The van der Waals surface area contributed by atoms with E-state index in [0.717, 1.165) is 0 Å². The van der Waals surface area contributed by atoms with Gasteiger partial charge in [0.15, 0.2) is 9.84 Å². The number of urea groups is 1. The molecule has 114 valence electrons. The van der Waals surface area contributed by atoms with E-state index < -0.39 is 32.2 Å². The molecule has 0 spiro atoms. The Morgan fingerprint density at radius 3 is 2.67 bits per heavy atom. The average molecular weight is 334 g/mol. The van der Waals surface area contributed by atoms with Crippen LogP contribution in [0.2, 0.25) is 0 Å². The molecule has 1 aliphatic heterocycles. The number of benzene rings is 1. The maximum atomic E-state index is 11.8. The van der Waals surface area contributed by atoms with E-state index in [0.29, 0.717) is 0 Å². The number of carbonyl (C=O) groups is 1. The molecule has 1 aliphatic rings. The van der Waals surface area contributed by atoms with Crippen molar-refractivity contribution >= 4 is 38.8 Å². The van der Waals surface area contributed by atoms with Crippen LogP contribution < -0.4 is 10.6 Å². The third kappa shape index (κ3) is 4.05. The van der Waals surface area contributed by atoms with Crippen LogP contribution in [0, 0.1) is 10.1 Å². The van der Waals surface area contributed by atoms with Gasteiger partial charge in [0.25, 0.3) is 5.69 Å². The number of carbonyl (C=O) groups excluding carboxylic acids is 1. The fourth-order valence-corrected chi connectivity index (χ4v) is 4.52. The highest BCUT2D eigenvalue weighted by atomic mass is 35.5. The molecule has 0 aliphatic carbocycles. The zero-order chi connectivity index (χ0) is 15.6. The van der Waals surface area contributed by atoms with Crippen molar-refractivity contribution in [3.8, 4) is 0 Å². The van der Waals surface area contributed by atoms with Crippen LogP contribution in [-0.4, -0.2) is 42.3 Å². The molecule has 2 rings (SSSR count). The highest BCUT2D eigenvalue weighted by Crippen LogP contribution is 2.19. The first-order valence-electron chi connectivity index (χ1n) is 5.93. The molecule has 10 heteroatoms. The maximum absolute atomic E-state index is 11.8. The lowest BCUT2D eigenvalue weighted by Gasteiger charge is -2.14. The first-order chi connectivity index (χ1) is 9.77. The minimum absolute atomic E-state index is 0.161. The number of nitrogens with zero attached hydrogens (tertiary/aromatic N) is 1. The number of rotatable bonds is 3. The standard InChI is InChI=1S/C11H12ClN3O5S/c12-9-5-21(19,20)6-10(9)14-11(16)13-7-2-1-3-8(4-7)15(17)18/h1-4,9-10H,5-6H2,(H2,13,14,16)/t9-,10+/m1/s1. The van der Waals surface area contributed by atoms with Crippen LogP contribution in [0.3, 0.4) is 0 Å². The van der Waals surface area contributed by atoms with Crippen molar-refractivity contribution in [1.29, 1.82) is 0 Å². The summed E-state index contributed by atoms with van der Waals surface area (Å²) in [6, 6.07) is 4.05. The van der Waals surface area contributed by atoms with E-state index in [2.05, 4.69) is 10.6 Å². The Morgan fingerprint density at radius 1 is 1.38 bits per heavy atom. The van der Waals surface area contributed by atoms with Crippen molar-refractivity contribution in [3.63, 3.8) is 0 Å². The number of halogens is 1. The fraction of sp³-hybridized carbons (Fsp3) is 0.364. The zero-order valence-corrected chi connectivity index (χ0v) is 12.2. The number of hydrogen-bond acceptors (Lipinski definition) is 5. The van der Waals surface area contributed by atoms with Gasteiger partial charge in [-0.05, 0) is 6.07 Å². The first-order valence-corrected chi connectivity index (χ1v) is 8.19. The number of anilines is 1. The molecule has 0 unspecified atom stereocenters. The minimum Gasteiger partial charge on any atom is -0.333 e. The highest BCUT2D eigenvalue weighted by Gasteiger charge is 2.37. The molecule has 2 atom stereocenters. The van der Waals surface area contributed by atoms with Crippen LogP contribution in [0.1, 0.15) is 0 Å². The monoisotopic (exact) mass is 333 g/mol. The van der Waals surface area contributed by atoms with Gasteiger partial charge in [0.2, 0.25) is 0 Å². The smallest absolute Gasteiger partial charge is 0.319 e. The predicted octanol–water partition coefficient (Wildman–Crippen LogP) is 1.12. The second kappa shape index (κ2) is 5.86. The van der Waals surface area contributed by atoms with Crippen molar-refractivity contribution in [2.45, 2.75) is 11.4 Å². The second-order valence-corrected chi connectivity index (χ2v) is 7.32. The second-order valence-electron chi connectivity index (χ2n) is 4.61. The van der Waals surface area contributed by atoms with Crippen molar-refractivity contribution in [2.24, 2.45) is 0 Å². The van der Waals surface area contributed by atoms with Crippen molar-refractivity contribution in [1.82, 2.24) is 5.32 Å². The van der Waals surface area contributed by atoms with Gasteiger partial charge in [0.1, 0.15) is 0 Å². The van der Waals surface area contributed by atoms with Gasteiger partial charge in [-0.25, -0.2) is 13.2 Å². The number of nitro groups is 1. The van der Waals surface area contributed by atoms with Crippen molar-refractivity contribution < 1.29 is 18.1 Å². The van der Waals surface area contributed by atoms with Gasteiger partial charge in [-0.15, -0.1) is 11.6 Å². The van der Waals surface area contributed by atoms with Gasteiger partial charge in [-0.2, -0.15) is 0 Å². The molecular formula is C11H12ClN3O5S. The summed E-state index contributed by atoms with van der Waals surface area (Å²) in [5, 5.41) is 14.8. The largest absolute Gasteiger partial charge is 0.333 e. The lowest BCUT2D eigenvalue weighted by molar-refractivity contribution is -0.384. The molecule has 0 saturated carbocycles. The molecule has 1 aromatic rings. The normalized spacial score (nSPS) is 23.5. The lowest BCUT2D eigenvalue weighted by atomic mass is 10.2. The Balaban J connectivity index is 1.99. The SMILES string of the molecule is O=C(Nc1cccc([N+](=O)[O-])c1)N[C@H]1CS(=O)(=O)C[C@H]1Cl. The van der Waals surface area contributed by atoms with E-state index in [9.17, 15) is 23.3 Å². The number of nitrogens with one attached hydrogen (secondary N) is 2. The molecule has 1 aromatic carbocycles. The molecule has 2 N–H and O–H groups in total. The van der Waals surface area contributed by atoms with Gasteiger partial charge in [0, 0.05) is 17.8 Å². The molecule has 2 amide bonds.